The Kier molecular flexibility index (Phi) is 8.99. The van der Waals surface area contributed by atoms with E-state index in [1.807, 2.05) is 36.5 Å². The summed E-state index contributed by atoms with van der Waals surface area (Å²) in [6.45, 7) is 3.07. The van der Waals surface area contributed by atoms with Crippen LogP contribution >= 0.6 is 22.6 Å². The molecule has 1 aliphatic carbocycles. The fourth-order valence-corrected chi connectivity index (χ4v) is 7.95. The summed E-state index contributed by atoms with van der Waals surface area (Å²) in [5.74, 6) is 1.55. The van der Waals surface area contributed by atoms with Gasteiger partial charge in [0.15, 0.2) is 0 Å². The molecule has 1 amide bonds. The summed E-state index contributed by atoms with van der Waals surface area (Å²) in [5, 5.41) is 1.06. The number of hydrogen-bond donors (Lipinski definition) is 3. The van der Waals surface area contributed by atoms with E-state index < -0.39 is 0 Å². The molecule has 2 aromatic carbocycles. The Morgan fingerprint density at radius 3 is 2.40 bits per heavy atom. The molecule has 1 unspecified atom stereocenters. The summed E-state index contributed by atoms with van der Waals surface area (Å²) in [6, 6.07) is 20.5. The van der Waals surface area contributed by atoms with E-state index in [9.17, 15) is 4.79 Å². The van der Waals surface area contributed by atoms with Crippen molar-refractivity contribution in [3.8, 4) is 11.3 Å². The number of amidine groups is 1. The number of nitrogens with zero attached hydrogens (tertiary/aromatic N) is 4. The first kappa shape index (κ1) is 29.6. The number of hydrogen-bond acceptors (Lipinski definition) is 7. The maximum atomic E-state index is 11.5. The third kappa shape index (κ3) is 6.57. The zero-order valence-electron chi connectivity index (χ0n) is 24.4. The van der Waals surface area contributed by atoms with Crippen LogP contribution in [0.2, 0.25) is 0 Å². The van der Waals surface area contributed by atoms with Crippen LogP contribution in [-0.2, 0) is 4.79 Å². The quantitative estimate of drug-likeness (QED) is 0.172. The summed E-state index contributed by atoms with van der Waals surface area (Å²) in [5.41, 5.74) is 24.1. The van der Waals surface area contributed by atoms with E-state index in [0.29, 0.717) is 23.4 Å². The Labute approximate surface area is 267 Å². The number of piperidine rings is 1. The van der Waals surface area contributed by atoms with Gasteiger partial charge in [0.05, 0.1) is 21.0 Å². The summed E-state index contributed by atoms with van der Waals surface area (Å²) >= 11 is 2.56. The van der Waals surface area contributed by atoms with E-state index >= 15 is 0 Å². The number of alkyl halides is 1. The number of carbonyl (C=O) groups excluding carboxylic acids is 1. The lowest BCUT2D eigenvalue weighted by Crippen LogP contribution is -2.43. The molecule has 3 heterocycles. The molecule has 3 aromatic rings. The molecule has 0 bridgehead atoms. The van der Waals surface area contributed by atoms with Gasteiger partial charge in [0.25, 0.3) is 0 Å². The number of pyridine rings is 1. The molecule has 0 radical (unpaired) electrons. The highest BCUT2D eigenvalue weighted by atomic mass is 127. The number of aromatic nitrogens is 1. The Balaban J connectivity index is 1.16. The van der Waals surface area contributed by atoms with Crippen molar-refractivity contribution in [2.75, 3.05) is 19.6 Å². The maximum absolute atomic E-state index is 11.5. The van der Waals surface area contributed by atoms with E-state index in [2.05, 4.69) is 67.7 Å². The fourth-order valence-electron chi connectivity index (χ4n) is 6.77. The monoisotopic (exact) mass is 689 g/mol. The van der Waals surface area contributed by atoms with Gasteiger partial charge in [-0.2, -0.15) is 0 Å². The average molecular weight is 690 g/mol. The highest BCUT2D eigenvalue weighted by Crippen LogP contribution is 2.39. The zero-order chi connectivity index (χ0) is 29.9. The first-order valence-electron chi connectivity index (χ1n) is 15.3. The number of fused-ring (bicyclic) bond motifs is 1. The number of rotatable bonds is 7. The molecular formula is C34H40IN7O. The number of aliphatic imine (C=N–C) groups is 1. The van der Waals surface area contributed by atoms with Gasteiger partial charge in [0.2, 0.25) is 5.91 Å². The van der Waals surface area contributed by atoms with Crippen LogP contribution in [0.25, 0.3) is 27.9 Å². The Morgan fingerprint density at radius 1 is 0.953 bits per heavy atom. The Morgan fingerprint density at radius 2 is 1.67 bits per heavy atom. The van der Waals surface area contributed by atoms with Gasteiger partial charge in [0, 0.05) is 41.4 Å². The largest absolute Gasteiger partial charge is 0.396 e. The molecule has 0 spiro atoms. The second kappa shape index (κ2) is 13.1. The lowest BCUT2D eigenvalue weighted by molar-refractivity contribution is -0.123. The number of likely N-dealkylation sites (tertiary alicyclic amines) is 1. The highest BCUT2D eigenvalue weighted by Gasteiger charge is 2.34. The first-order chi connectivity index (χ1) is 20.9. The van der Waals surface area contributed by atoms with Gasteiger partial charge in [-0.3, -0.25) is 4.79 Å². The number of carbonyl (C=O) groups is 1. The number of primary amides is 1. The van der Waals surface area contributed by atoms with Gasteiger partial charge in [-0.25, -0.2) is 9.98 Å². The molecule has 1 aromatic heterocycles. The average Bonchev–Trinajstić information content (AvgIpc) is 3.04. The smallest absolute Gasteiger partial charge is 0.220 e. The van der Waals surface area contributed by atoms with Gasteiger partial charge in [-0.05, 0) is 75.6 Å². The lowest BCUT2D eigenvalue weighted by atomic mass is 9.81. The highest BCUT2D eigenvalue weighted by molar-refractivity contribution is 14.1. The summed E-state index contributed by atoms with van der Waals surface area (Å²) < 4.78 is 0.201. The van der Waals surface area contributed by atoms with Crippen LogP contribution < -0.4 is 17.2 Å². The standard InChI is InChI=1S/C34H40IN7O/c35-32(25-8-6-22(7-9-25)21-41-17-14-26(15-18-41)34(38)43)42-19-16-39-33(37)31(42)30(36)27-11-10-24-12-13-28(40-29(24)20-27)23-4-2-1-3-5-23/h1-5,10-13,16,19-20,22,25-26,32H,6-9,14-15,17-18,21,36H2,(H2,37,39)(H2,38,43)/b31-30-/t22-,25-,32?. The molecule has 3 aliphatic rings. The topological polar surface area (TPSA) is 127 Å². The van der Waals surface area contributed by atoms with Gasteiger partial charge in [-0.1, -0.05) is 71.1 Å². The minimum atomic E-state index is -0.144. The fraction of sp³-hybridized carbons (Fsp3) is 0.382. The number of nitrogens with two attached hydrogens (primary N) is 3. The van der Waals surface area contributed by atoms with Crippen molar-refractivity contribution in [2.24, 2.45) is 39.9 Å². The van der Waals surface area contributed by atoms with Gasteiger partial charge >= 0.3 is 0 Å². The van der Waals surface area contributed by atoms with Crippen LogP contribution in [0.15, 0.2) is 83.8 Å². The first-order valence-corrected chi connectivity index (χ1v) is 16.5. The molecule has 1 saturated carbocycles. The van der Waals surface area contributed by atoms with E-state index in [1.165, 1.54) is 12.8 Å². The molecule has 2 aliphatic heterocycles. The van der Waals surface area contributed by atoms with Gasteiger partial charge < -0.3 is 27.0 Å². The van der Waals surface area contributed by atoms with Crippen molar-refractivity contribution >= 4 is 50.9 Å². The number of halogens is 1. The molecule has 1 atom stereocenters. The van der Waals surface area contributed by atoms with Crippen molar-refractivity contribution < 1.29 is 4.79 Å². The van der Waals surface area contributed by atoms with Crippen molar-refractivity contribution in [1.82, 2.24) is 14.8 Å². The number of benzene rings is 2. The lowest BCUT2D eigenvalue weighted by Gasteiger charge is -2.40. The predicted molar refractivity (Wildman–Crippen MR) is 183 cm³/mol. The Hall–Kier alpha value is -3.44. The molecule has 9 heteroatoms. The second-order valence-electron chi connectivity index (χ2n) is 12.1. The summed E-state index contributed by atoms with van der Waals surface area (Å²) in [4.78, 5) is 25.6. The molecule has 224 valence electrons. The molecule has 6 rings (SSSR count). The van der Waals surface area contributed by atoms with Crippen molar-refractivity contribution in [1.29, 1.82) is 0 Å². The molecule has 2 fully saturated rings. The van der Waals surface area contributed by atoms with Gasteiger partial charge in [0.1, 0.15) is 11.5 Å². The number of amides is 1. The maximum Gasteiger partial charge on any atom is 0.220 e. The molecule has 1 saturated heterocycles. The Bertz CT molecular complexity index is 1550. The second-order valence-corrected chi connectivity index (χ2v) is 13.4. The summed E-state index contributed by atoms with van der Waals surface area (Å²) in [7, 11) is 0. The van der Waals surface area contributed by atoms with E-state index in [0.717, 1.165) is 78.7 Å². The minimum absolute atomic E-state index is 0.0488. The van der Waals surface area contributed by atoms with Crippen LogP contribution in [0.1, 0.15) is 44.1 Å². The van der Waals surface area contributed by atoms with Crippen LogP contribution in [0.3, 0.4) is 0 Å². The van der Waals surface area contributed by atoms with E-state index in [4.69, 9.17) is 22.2 Å². The third-order valence-electron chi connectivity index (χ3n) is 9.32. The van der Waals surface area contributed by atoms with Crippen molar-refractivity contribution in [2.45, 2.75) is 42.6 Å². The van der Waals surface area contributed by atoms with Crippen molar-refractivity contribution in [3.63, 3.8) is 0 Å². The predicted octanol–water partition coefficient (Wildman–Crippen LogP) is 5.44. The molecule has 8 nitrogen and oxygen atoms in total. The van der Waals surface area contributed by atoms with Crippen LogP contribution in [-0.4, -0.2) is 50.2 Å². The SMILES string of the molecule is NC(=O)C1CCN(C[C@H]2CC[C@H](C(I)N3C=CN=C(N)/C3=C(/N)c3ccc4ccc(-c5ccccc5)nc4c3)CC2)CC1. The van der Waals surface area contributed by atoms with E-state index in [-0.39, 0.29) is 15.9 Å². The third-order valence-corrected chi connectivity index (χ3v) is 10.9. The molecule has 43 heavy (non-hydrogen) atoms. The molecular weight excluding hydrogens is 649 g/mol. The van der Waals surface area contributed by atoms with E-state index in [1.54, 1.807) is 6.20 Å². The normalized spacial score (nSPS) is 23.7. The van der Waals surface area contributed by atoms with Crippen LogP contribution in [0, 0.1) is 17.8 Å². The van der Waals surface area contributed by atoms with Crippen molar-refractivity contribution in [3.05, 3.63) is 84.3 Å². The van der Waals surface area contributed by atoms with Gasteiger partial charge in [-0.15, -0.1) is 0 Å². The molecule has 6 N–H and O–H groups in total. The van der Waals surface area contributed by atoms with Crippen LogP contribution in [0.4, 0.5) is 0 Å². The van der Waals surface area contributed by atoms with Crippen LogP contribution in [0.5, 0.6) is 0 Å². The minimum Gasteiger partial charge on any atom is -0.396 e. The zero-order valence-corrected chi connectivity index (χ0v) is 26.6. The summed E-state index contributed by atoms with van der Waals surface area (Å²) in [6.07, 6.45) is 10.3.